The van der Waals surface area contributed by atoms with Crippen LogP contribution in [0.2, 0.25) is 5.02 Å². The fourth-order valence-corrected chi connectivity index (χ4v) is 4.06. The molecule has 0 atom stereocenters. The highest BCUT2D eigenvalue weighted by Crippen LogP contribution is 2.38. The fraction of sp³-hybridized carbons (Fsp3) is 0.286. The summed E-state index contributed by atoms with van der Waals surface area (Å²) in [6, 6.07) is 10.1. The number of halogens is 4. The molecule has 3 aromatic rings. The van der Waals surface area contributed by atoms with Gasteiger partial charge in [-0.3, -0.25) is 14.2 Å². The Morgan fingerprint density at radius 2 is 1.97 bits per heavy atom. The molecule has 0 bridgehead atoms. The monoisotopic (exact) mass is 485 g/mol. The van der Waals surface area contributed by atoms with Crippen LogP contribution < -0.4 is 10.9 Å². The third-order valence-corrected chi connectivity index (χ3v) is 5.76. The minimum Gasteiger partial charge on any atom is -0.385 e. The summed E-state index contributed by atoms with van der Waals surface area (Å²) in [5, 5.41) is 2.73. The number of fused-ring (bicyclic) bond motifs is 1. The zero-order valence-corrected chi connectivity index (χ0v) is 18.5. The molecule has 0 saturated carbocycles. The number of methoxy groups -OCH3 is 1. The zero-order valence-electron chi connectivity index (χ0n) is 16.9. The van der Waals surface area contributed by atoms with E-state index in [1.54, 1.807) is 31.4 Å². The largest absolute Gasteiger partial charge is 0.418 e. The van der Waals surface area contributed by atoms with Crippen molar-refractivity contribution in [2.24, 2.45) is 0 Å². The number of hydrogen-bond acceptors (Lipinski definition) is 5. The van der Waals surface area contributed by atoms with E-state index in [9.17, 15) is 22.8 Å². The number of nitrogens with one attached hydrogen (secondary N) is 1. The average molecular weight is 486 g/mol. The van der Waals surface area contributed by atoms with Crippen molar-refractivity contribution in [3.63, 3.8) is 0 Å². The Bertz CT molecular complexity index is 1180. The molecule has 0 saturated heterocycles. The number of aromatic nitrogens is 2. The number of anilines is 1. The summed E-state index contributed by atoms with van der Waals surface area (Å²) in [6.07, 6.45) is -4.13. The first-order valence-electron chi connectivity index (χ1n) is 9.49. The van der Waals surface area contributed by atoms with E-state index in [0.717, 1.165) is 23.9 Å². The van der Waals surface area contributed by atoms with E-state index in [0.29, 0.717) is 30.5 Å². The number of carbonyl (C=O) groups excluding carboxylic acids is 1. The van der Waals surface area contributed by atoms with Gasteiger partial charge >= 0.3 is 6.18 Å². The van der Waals surface area contributed by atoms with Crippen LogP contribution in [-0.2, 0) is 22.3 Å². The molecule has 0 aliphatic heterocycles. The van der Waals surface area contributed by atoms with E-state index in [4.69, 9.17) is 16.3 Å². The molecule has 3 rings (SSSR count). The van der Waals surface area contributed by atoms with E-state index >= 15 is 0 Å². The van der Waals surface area contributed by atoms with Crippen LogP contribution in [-0.4, -0.2) is 34.9 Å². The number of amides is 1. The van der Waals surface area contributed by atoms with Crippen LogP contribution in [0.15, 0.2) is 52.4 Å². The number of rotatable bonds is 8. The van der Waals surface area contributed by atoms with E-state index in [1.165, 1.54) is 10.6 Å². The van der Waals surface area contributed by atoms with Gasteiger partial charge in [0.05, 0.1) is 32.9 Å². The molecule has 6 nitrogen and oxygen atoms in total. The normalized spacial score (nSPS) is 11.7. The molecular weight excluding hydrogens is 467 g/mol. The molecule has 1 amide bonds. The second-order valence-corrected chi connectivity index (χ2v) is 8.06. The maximum Gasteiger partial charge on any atom is 0.418 e. The molecule has 0 unspecified atom stereocenters. The Morgan fingerprint density at radius 1 is 1.22 bits per heavy atom. The predicted octanol–water partition coefficient (Wildman–Crippen LogP) is 4.84. The fourth-order valence-electron chi connectivity index (χ4n) is 3.02. The molecule has 1 aromatic heterocycles. The number of para-hydroxylation sites is 2. The third kappa shape index (κ3) is 5.62. The van der Waals surface area contributed by atoms with Crippen molar-refractivity contribution >= 4 is 45.9 Å². The van der Waals surface area contributed by atoms with Crippen LogP contribution in [0.5, 0.6) is 0 Å². The Labute approximate surface area is 190 Å². The highest BCUT2D eigenvalue weighted by Gasteiger charge is 2.34. The number of ether oxygens (including phenoxy) is 1. The van der Waals surface area contributed by atoms with Gasteiger partial charge in [-0.2, -0.15) is 13.2 Å². The number of benzene rings is 2. The maximum atomic E-state index is 13.2. The Kier molecular flexibility index (Phi) is 7.81. The maximum absolute atomic E-state index is 13.2. The molecule has 0 aliphatic rings. The van der Waals surface area contributed by atoms with Gasteiger partial charge in [-0.05, 0) is 30.7 Å². The Morgan fingerprint density at radius 3 is 2.69 bits per heavy atom. The number of nitrogens with zero attached hydrogens (tertiary/aromatic N) is 2. The Balaban J connectivity index is 1.84. The molecule has 32 heavy (non-hydrogen) atoms. The lowest BCUT2D eigenvalue weighted by molar-refractivity contribution is -0.137. The molecule has 0 aliphatic carbocycles. The van der Waals surface area contributed by atoms with E-state index in [-0.39, 0.29) is 21.5 Å². The lowest BCUT2D eigenvalue weighted by Crippen LogP contribution is -2.25. The second kappa shape index (κ2) is 10.4. The van der Waals surface area contributed by atoms with Crippen molar-refractivity contribution < 1.29 is 22.7 Å². The van der Waals surface area contributed by atoms with Gasteiger partial charge in [0.1, 0.15) is 0 Å². The molecule has 1 heterocycles. The van der Waals surface area contributed by atoms with Crippen LogP contribution in [0, 0.1) is 0 Å². The van der Waals surface area contributed by atoms with Gasteiger partial charge in [-0.15, -0.1) is 0 Å². The summed E-state index contributed by atoms with van der Waals surface area (Å²) in [5.41, 5.74) is -1.34. The summed E-state index contributed by atoms with van der Waals surface area (Å²) in [5.74, 6) is -0.975. The van der Waals surface area contributed by atoms with Gasteiger partial charge in [0.2, 0.25) is 5.91 Å². The van der Waals surface area contributed by atoms with Crippen molar-refractivity contribution in [2.45, 2.75) is 24.3 Å². The van der Waals surface area contributed by atoms with Gasteiger partial charge in [-0.1, -0.05) is 41.6 Å². The summed E-state index contributed by atoms with van der Waals surface area (Å²) in [7, 11) is 1.55. The number of thioether (sulfide) groups is 1. The van der Waals surface area contributed by atoms with Gasteiger partial charge in [0.15, 0.2) is 5.16 Å². The number of alkyl halides is 3. The minimum atomic E-state index is -4.68. The molecule has 1 N–H and O–H groups in total. The summed E-state index contributed by atoms with van der Waals surface area (Å²) < 4.78 is 46.2. The average Bonchev–Trinajstić information content (AvgIpc) is 2.75. The quantitative estimate of drug-likeness (QED) is 0.281. The topological polar surface area (TPSA) is 73.2 Å². The molecule has 170 valence electrons. The summed E-state index contributed by atoms with van der Waals surface area (Å²) in [6.45, 7) is 0.744. The highest BCUT2D eigenvalue weighted by atomic mass is 35.5. The number of hydrogen-bond donors (Lipinski definition) is 1. The standard InChI is InChI=1S/C21H19ClF3N3O3S/c1-31-11-5-10-28-19(30)13-6-2-3-9-16(13)26-20(28)32-12-17(29)27-18-14(21(23,24)25)7-4-8-15(18)22/h2-4,6-9H,5,10-12H2,1H3,(H,27,29). The zero-order chi connectivity index (χ0) is 23.3. The van der Waals surface area contributed by atoms with E-state index in [2.05, 4.69) is 10.3 Å². The van der Waals surface area contributed by atoms with Gasteiger partial charge in [0, 0.05) is 20.3 Å². The second-order valence-electron chi connectivity index (χ2n) is 6.71. The minimum absolute atomic E-state index is 0.224. The van der Waals surface area contributed by atoms with Crippen molar-refractivity contribution in [3.8, 4) is 0 Å². The van der Waals surface area contributed by atoms with Crippen LogP contribution in [0.1, 0.15) is 12.0 Å². The lowest BCUT2D eigenvalue weighted by Gasteiger charge is -2.16. The SMILES string of the molecule is COCCCn1c(SCC(=O)Nc2c(Cl)cccc2C(F)(F)F)nc2ccccc2c1=O. The molecule has 0 fully saturated rings. The first-order chi connectivity index (χ1) is 15.2. The van der Waals surface area contributed by atoms with Gasteiger partial charge in [-0.25, -0.2) is 4.98 Å². The van der Waals surface area contributed by atoms with Gasteiger partial charge in [0.25, 0.3) is 5.56 Å². The third-order valence-electron chi connectivity index (χ3n) is 4.47. The van der Waals surface area contributed by atoms with Crippen molar-refractivity contribution in [1.29, 1.82) is 0 Å². The van der Waals surface area contributed by atoms with Crippen molar-refractivity contribution in [3.05, 3.63) is 63.4 Å². The first kappa shape index (κ1) is 24.1. The van der Waals surface area contributed by atoms with Crippen LogP contribution in [0.3, 0.4) is 0 Å². The summed E-state index contributed by atoms with van der Waals surface area (Å²) >= 11 is 6.84. The van der Waals surface area contributed by atoms with Crippen molar-refractivity contribution in [1.82, 2.24) is 9.55 Å². The van der Waals surface area contributed by atoms with E-state index in [1.807, 2.05) is 0 Å². The van der Waals surface area contributed by atoms with Crippen molar-refractivity contribution in [2.75, 3.05) is 24.8 Å². The number of carbonyl (C=O) groups is 1. The molecular formula is C21H19ClF3N3O3S. The first-order valence-corrected chi connectivity index (χ1v) is 10.9. The molecule has 0 radical (unpaired) electrons. The molecule has 11 heteroatoms. The smallest absolute Gasteiger partial charge is 0.385 e. The summed E-state index contributed by atoms with van der Waals surface area (Å²) in [4.78, 5) is 29.8. The Hall–Kier alpha value is -2.56. The lowest BCUT2D eigenvalue weighted by atomic mass is 10.1. The predicted molar refractivity (Wildman–Crippen MR) is 118 cm³/mol. The van der Waals surface area contributed by atoms with Crippen LogP contribution in [0.25, 0.3) is 10.9 Å². The van der Waals surface area contributed by atoms with Crippen LogP contribution >= 0.6 is 23.4 Å². The highest BCUT2D eigenvalue weighted by molar-refractivity contribution is 7.99. The molecule has 0 spiro atoms. The van der Waals surface area contributed by atoms with Crippen LogP contribution in [0.4, 0.5) is 18.9 Å². The molecule has 2 aromatic carbocycles. The van der Waals surface area contributed by atoms with Gasteiger partial charge < -0.3 is 10.1 Å². The van der Waals surface area contributed by atoms with E-state index < -0.39 is 23.3 Å².